The van der Waals surface area contributed by atoms with E-state index in [-0.39, 0.29) is 17.9 Å². The van der Waals surface area contributed by atoms with Gasteiger partial charge in [0.2, 0.25) is 5.91 Å². The fraction of sp³-hybridized carbons (Fsp3) is 0.371. The molecule has 1 aliphatic heterocycles. The Balaban J connectivity index is 1.11. The molecule has 44 heavy (non-hydrogen) atoms. The van der Waals surface area contributed by atoms with Crippen LogP contribution in [-0.4, -0.2) is 74.4 Å². The van der Waals surface area contributed by atoms with Crippen molar-refractivity contribution in [1.82, 2.24) is 24.6 Å². The molecule has 0 aliphatic carbocycles. The lowest BCUT2D eigenvalue weighted by molar-refractivity contribution is -0.133. The van der Waals surface area contributed by atoms with Crippen LogP contribution in [0.3, 0.4) is 0 Å². The molecule has 1 saturated heterocycles. The Labute approximate surface area is 264 Å². The van der Waals surface area contributed by atoms with Crippen LogP contribution in [0.5, 0.6) is 5.75 Å². The second-order valence-electron chi connectivity index (χ2n) is 11.1. The van der Waals surface area contributed by atoms with Gasteiger partial charge in [-0.15, -0.1) is 10.2 Å². The van der Waals surface area contributed by atoms with Crippen molar-refractivity contribution in [2.45, 2.75) is 57.1 Å². The van der Waals surface area contributed by atoms with Crippen LogP contribution < -0.4 is 4.74 Å². The van der Waals surface area contributed by atoms with Gasteiger partial charge in [-0.05, 0) is 61.7 Å². The van der Waals surface area contributed by atoms with Crippen LogP contribution in [0.1, 0.15) is 61.3 Å². The number of unbranched alkanes of at least 4 members (excludes halogenated alkanes) is 1. The first-order valence-electron chi connectivity index (χ1n) is 15.5. The Morgan fingerprint density at radius 3 is 2.34 bits per heavy atom. The molecule has 1 aliphatic rings. The highest BCUT2D eigenvalue weighted by atomic mass is 32.2. The number of carbonyl (C=O) groups excluding carboxylic acids is 2. The zero-order chi connectivity index (χ0) is 30.7. The minimum Gasteiger partial charge on any atom is -0.494 e. The zero-order valence-corrected chi connectivity index (χ0v) is 26.4. The Hall–Kier alpha value is -4.11. The van der Waals surface area contributed by atoms with Gasteiger partial charge in [-0.2, -0.15) is 0 Å². The number of aromatic nitrogens is 3. The van der Waals surface area contributed by atoms with E-state index in [2.05, 4.69) is 46.0 Å². The highest BCUT2D eigenvalue weighted by molar-refractivity contribution is 7.99. The first kappa shape index (κ1) is 31.3. The van der Waals surface area contributed by atoms with E-state index in [0.29, 0.717) is 44.6 Å². The third-order valence-corrected chi connectivity index (χ3v) is 8.81. The maximum absolute atomic E-state index is 13.2. The van der Waals surface area contributed by atoms with Crippen LogP contribution in [-0.2, 0) is 11.2 Å². The van der Waals surface area contributed by atoms with Crippen molar-refractivity contribution >= 4 is 23.6 Å². The van der Waals surface area contributed by atoms with E-state index in [1.54, 1.807) is 11.8 Å². The number of nitrogens with zero attached hydrogens (tertiary/aromatic N) is 5. The Morgan fingerprint density at radius 1 is 0.909 bits per heavy atom. The Bertz CT molecular complexity index is 1490. The number of para-hydroxylation sites is 1. The molecule has 8 nitrogen and oxygen atoms in total. The lowest BCUT2D eigenvalue weighted by Gasteiger charge is -2.40. The summed E-state index contributed by atoms with van der Waals surface area (Å²) in [6, 6.07) is 27.8. The van der Waals surface area contributed by atoms with Crippen molar-refractivity contribution in [3.8, 4) is 11.4 Å². The second kappa shape index (κ2) is 15.6. The van der Waals surface area contributed by atoms with Crippen molar-refractivity contribution in [3.63, 3.8) is 0 Å². The highest BCUT2D eigenvalue weighted by Crippen LogP contribution is 2.25. The van der Waals surface area contributed by atoms with Crippen molar-refractivity contribution < 1.29 is 14.3 Å². The van der Waals surface area contributed by atoms with Crippen LogP contribution in [0.4, 0.5) is 0 Å². The van der Waals surface area contributed by atoms with Gasteiger partial charge in [-0.3, -0.25) is 14.2 Å². The number of benzene rings is 3. The average molecular weight is 612 g/mol. The van der Waals surface area contributed by atoms with Gasteiger partial charge in [0.05, 0.1) is 6.61 Å². The van der Waals surface area contributed by atoms with E-state index in [1.165, 1.54) is 5.56 Å². The summed E-state index contributed by atoms with van der Waals surface area (Å²) in [5, 5.41) is 9.87. The zero-order valence-electron chi connectivity index (χ0n) is 25.6. The van der Waals surface area contributed by atoms with Crippen LogP contribution in [0.15, 0.2) is 90.1 Å². The molecular formula is C35H41N5O3S. The summed E-state index contributed by atoms with van der Waals surface area (Å²) in [6.45, 7) is 6.44. The summed E-state index contributed by atoms with van der Waals surface area (Å²) >= 11 is 1.63. The van der Waals surface area contributed by atoms with E-state index in [4.69, 9.17) is 4.74 Å². The molecule has 1 aromatic heterocycles. The van der Waals surface area contributed by atoms with Crippen LogP contribution in [0.25, 0.3) is 5.69 Å². The fourth-order valence-corrected chi connectivity index (χ4v) is 6.26. The molecule has 3 aromatic carbocycles. The summed E-state index contributed by atoms with van der Waals surface area (Å²) < 4.78 is 7.84. The third-order valence-electron chi connectivity index (χ3n) is 7.79. The second-order valence-corrected chi connectivity index (χ2v) is 12.2. The third kappa shape index (κ3) is 8.08. The Kier molecular flexibility index (Phi) is 11.1. The van der Waals surface area contributed by atoms with Crippen molar-refractivity contribution in [2.24, 2.45) is 0 Å². The molecule has 0 saturated carbocycles. The molecule has 2 amide bonds. The maximum Gasteiger partial charge on any atom is 0.254 e. The number of carbonyl (C=O) groups is 2. The molecule has 0 radical (unpaired) electrons. The quantitative estimate of drug-likeness (QED) is 0.131. The molecular weight excluding hydrogens is 570 g/mol. The molecule has 5 rings (SSSR count). The largest absolute Gasteiger partial charge is 0.494 e. The van der Waals surface area contributed by atoms with Gasteiger partial charge in [-0.1, -0.05) is 73.6 Å². The molecule has 230 valence electrons. The number of amides is 2. The van der Waals surface area contributed by atoms with Gasteiger partial charge in [-0.25, -0.2) is 0 Å². The van der Waals surface area contributed by atoms with E-state index in [0.717, 1.165) is 47.4 Å². The number of thioether (sulfide) groups is 1. The maximum atomic E-state index is 13.2. The summed E-state index contributed by atoms with van der Waals surface area (Å²) in [4.78, 5) is 30.1. The van der Waals surface area contributed by atoms with Gasteiger partial charge in [0, 0.05) is 55.5 Å². The molecule has 4 aromatic rings. The van der Waals surface area contributed by atoms with Crippen molar-refractivity contribution in [2.75, 3.05) is 32.0 Å². The average Bonchev–Trinajstić information content (AvgIpc) is 3.45. The fourth-order valence-electron chi connectivity index (χ4n) is 5.35. The predicted molar refractivity (Wildman–Crippen MR) is 174 cm³/mol. The number of hydrogen-bond donors (Lipinski definition) is 0. The number of piperazine rings is 1. The molecule has 2 heterocycles. The first-order chi connectivity index (χ1) is 21.5. The molecule has 1 unspecified atom stereocenters. The van der Waals surface area contributed by atoms with Crippen LogP contribution in [0.2, 0.25) is 0 Å². The van der Waals surface area contributed by atoms with Gasteiger partial charge in [0.15, 0.2) is 5.16 Å². The standard InChI is InChI=1S/C35H41N5O3S/c1-3-4-23-43-31-19-17-29(18-20-31)34(42)39-22-21-38(26-27(39)2)33(41)16-11-24-44-35-37-36-32(25-28-12-7-5-8-13-28)40(35)30-14-9-6-10-15-30/h5-10,12-15,17-20,27H,3-4,11,16,21-26H2,1-2H3. The lowest BCUT2D eigenvalue weighted by Crippen LogP contribution is -2.55. The smallest absolute Gasteiger partial charge is 0.254 e. The minimum absolute atomic E-state index is 0.00438. The molecule has 1 fully saturated rings. The van der Waals surface area contributed by atoms with Crippen LogP contribution in [0, 0.1) is 0 Å². The molecule has 9 heteroatoms. The normalized spacial score (nSPS) is 14.9. The lowest BCUT2D eigenvalue weighted by atomic mass is 10.1. The molecule has 0 spiro atoms. The number of hydrogen-bond acceptors (Lipinski definition) is 6. The number of ether oxygens (including phenoxy) is 1. The molecule has 0 N–H and O–H groups in total. The summed E-state index contributed by atoms with van der Waals surface area (Å²) in [5.41, 5.74) is 2.85. The van der Waals surface area contributed by atoms with Gasteiger partial charge in [0.1, 0.15) is 11.6 Å². The SMILES string of the molecule is CCCCOc1ccc(C(=O)N2CCN(C(=O)CCCSc3nnc(Cc4ccccc4)n3-c3ccccc3)CC2C)cc1. The monoisotopic (exact) mass is 611 g/mol. The van der Waals surface area contributed by atoms with E-state index < -0.39 is 0 Å². The summed E-state index contributed by atoms with van der Waals surface area (Å²) in [7, 11) is 0. The minimum atomic E-state index is -0.0532. The van der Waals surface area contributed by atoms with E-state index in [1.807, 2.05) is 77.4 Å². The van der Waals surface area contributed by atoms with Crippen molar-refractivity contribution in [3.05, 3.63) is 102 Å². The molecule has 0 bridgehead atoms. The van der Waals surface area contributed by atoms with Gasteiger partial charge < -0.3 is 14.5 Å². The highest BCUT2D eigenvalue weighted by Gasteiger charge is 2.30. The first-order valence-corrected chi connectivity index (χ1v) is 16.5. The predicted octanol–water partition coefficient (Wildman–Crippen LogP) is 6.28. The van der Waals surface area contributed by atoms with Gasteiger partial charge in [0.25, 0.3) is 5.91 Å². The summed E-state index contributed by atoms with van der Waals surface area (Å²) in [5.74, 6) is 2.56. The Morgan fingerprint density at radius 2 is 1.64 bits per heavy atom. The van der Waals surface area contributed by atoms with Crippen LogP contribution >= 0.6 is 11.8 Å². The van der Waals surface area contributed by atoms with E-state index >= 15 is 0 Å². The molecule has 1 atom stereocenters. The van der Waals surface area contributed by atoms with Gasteiger partial charge >= 0.3 is 0 Å². The van der Waals surface area contributed by atoms with E-state index in [9.17, 15) is 9.59 Å². The topological polar surface area (TPSA) is 80.6 Å². The summed E-state index contributed by atoms with van der Waals surface area (Å²) in [6.07, 6.45) is 3.97. The number of rotatable bonds is 13. The van der Waals surface area contributed by atoms with Crippen molar-refractivity contribution in [1.29, 1.82) is 0 Å².